The predicted octanol–water partition coefficient (Wildman–Crippen LogP) is 2.93. The summed E-state index contributed by atoms with van der Waals surface area (Å²) in [6.45, 7) is 3.59. The van der Waals surface area contributed by atoms with E-state index >= 15 is 0 Å². The number of carbonyl (C=O) groups is 1. The summed E-state index contributed by atoms with van der Waals surface area (Å²) >= 11 is 0. The number of benzene rings is 2. The maximum Gasteiger partial charge on any atom is 0.241 e. The molecule has 1 aliphatic rings. The van der Waals surface area contributed by atoms with Gasteiger partial charge >= 0.3 is 0 Å². The van der Waals surface area contributed by atoms with Crippen LogP contribution in [0, 0.1) is 0 Å². The number of nitrogens with one attached hydrogen (secondary N) is 1. The van der Waals surface area contributed by atoms with Crippen LogP contribution in [0.25, 0.3) is 0 Å². The Labute approximate surface area is 153 Å². The zero-order chi connectivity index (χ0) is 18.5. The van der Waals surface area contributed by atoms with Gasteiger partial charge in [0, 0.05) is 18.3 Å². The van der Waals surface area contributed by atoms with E-state index in [-0.39, 0.29) is 11.9 Å². The lowest BCUT2D eigenvalue weighted by Gasteiger charge is -2.24. The summed E-state index contributed by atoms with van der Waals surface area (Å²) in [5.41, 5.74) is 1.78. The molecule has 1 heterocycles. The SMILES string of the molecule is COc1cccc(CN(C)[C@@H](C)C(=O)Nc2ccc3c(c2)OCCO3)c1. The first-order chi connectivity index (χ1) is 12.6. The van der Waals surface area contributed by atoms with Crippen LogP contribution >= 0.6 is 0 Å². The van der Waals surface area contributed by atoms with Crippen LogP contribution in [0.4, 0.5) is 5.69 Å². The third kappa shape index (κ3) is 4.26. The number of nitrogens with zero attached hydrogens (tertiary/aromatic N) is 1. The lowest BCUT2D eigenvalue weighted by molar-refractivity contribution is -0.120. The number of carbonyl (C=O) groups excluding carboxylic acids is 1. The second kappa shape index (κ2) is 8.10. The molecule has 0 radical (unpaired) electrons. The molecule has 0 saturated carbocycles. The van der Waals surface area contributed by atoms with Gasteiger partial charge in [-0.2, -0.15) is 0 Å². The smallest absolute Gasteiger partial charge is 0.241 e. The summed E-state index contributed by atoms with van der Waals surface area (Å²) in [6, 6.07) is 13.0. The highest BCUT2D eigenvalue weighted by atomic mass is 16.6. The minimum absolute atomic E-state index is 0.0768. The number of methoxy groups -OCH3 is 1. The molecule has 2 aromatic carbocycles. The molecule has 1 atom stereocenters. The van der Waals surface area contributed by atoms with E-state index in [1.54, 1.807) is 13.2 Å². The van der Waals surface area contributed by atoms with Crippen LogP contribution in [-0.4, -0.2) is 44.2 Å². The lowest BCUT2D eigenvalue weighted by atomic mass is 10.1. The predicted molar refractivity (Wildman–Crippen MR) is 100.0 cm³/mol. The Kier molecular flexibility index (Phi) is 5.63. The van der Waals surface area contributed by atoms with Gasteiger partial charge in [0.15, 0.2) is 11.5 Å². The number of rotatable bonds is 6. The number of hydrogen-bond acceptors (Lipinski definition) is 5. The number of fused-ring (bicyclic) bond motifs is 1. The molecule has 0 saturated heterocycles. The fourth-order valence-electron chi connectivity index (χ4n) is 2.76. The maximum atomic E-state index is 12.6. The van der Waals surface area contributed by atoms with Crippen molar-refractivity contribution in [3.63, 3.8) is 0 Å². The molecule has 2 aromatic rings. The minimum Gasteiger partial charge on any atom is -0.497 e. The first-order valence-corrected chi connectivity index (χ1v) is 8.60. The average Bonchev–Trinajstić information content (AvgIpc) is 2.67. The van der Waals surface area contributed by atoms with Crippen molar-refractivity contribution in [1.82, 2.24) is 4.90 Å². The van der Waals surface area contributed by atoms with Gasteiger partial charge in [-0.1, -0.05) is 12.1 Å². The molecule has 0 bridgehead atoms. The third-order valence-electron chi connectivity index (χ3n) is 4.42. The fourth-order valence-corrected chi connectivity index (χ4v) is 2.76. The second-order valence-electron chi connectivity index (χ2n) is 6.29. The zero-order valence-electron chi connectivity index (χ0n) is 15.3. The Morgan fingerprint density at radius 3 is 2.73 bits per heavy atom. The number of ether oxygens (including phenoxy) is 3. The fraction of sp³-hybridized carbons (Fsp3) is 0.350. The van der Waals surface area contributed by atoms with Crippen molar-refractivity contribution >= 4 is 11.6 Å². The summed E-state index contributed by atoms with van der Waals surface area (Å²) < 4.78 is 16.3. The molecule has 0 fully saturated rings. The Morgan fingerprint density at radius 2 is 1.96 bits per heavy atom. The lowest BCUT2D eigenvalue weighted by Crippen LogP contribution is -2.39. The van der Waals surface area contributed by atoms with Gasteiger partial charge in [-0.05, 0) is 43.8 Å². The van der Waals surface area contributed by atoms with Gasteiger partial charge in [-0.3, -0.25) is 9.69 Å². The van der Waals surface area contributed by atoms with Gasteiger partial charge in [0.2, 0.25) is 5.91 Å². The highest BCUT2D eigenvalue weighted by Gasteiger charge is 2.19. The van der Waals surface area contributed by atoms with E-state index in [0.29, 0.717) is 36.9 Å². The second-order valence-corrected chi connectivity index (χ2v) is 6.29. The van der Waals surface area contributed by atoms with Crippen LogP contribution in [0.5, 0.6) is 17.2 Å². The maximum absolute atomic E-state index is 12.6. The number of hydrogen-bond donors (Lipinski definition) is 1. The van der Waals surface area contributed by atoms with E-state index in [1.807, 2.05) is 55.3 Å². The van der Waals surface area contributed by atoms with Gasteiger partial charge in [-0.25, -0.2) is 0 Å². The quantitative estimate of drug-likeness (QED) is 0.862. The summed E-state index contributed by atoms with van der Waals surface area (Å²) in [5, 5.41) is 2.94. The van der Waals surface area contributed by atoms with Crippen LogP contribution < -0.4 is 19.5 Å². The van der Waals surface area contributed by atoms with Crippen molar-refractivity contribution in [3.05, 3.63) is 48.0 Å². The molecule has 1 amide bonds. The Bertz CT molecular complexity index is 778. The normalized spacial score (nSPS) is 14.0. The van der Waals surface area contributed by atoms with Gasteiger partial charge in [0.05, 0.1) is 13.2 Å². The van der Waals surface area contributed by atoms with E-state index in [1.165, 1.54) is 0 Å². The van der Waals surface area contributed by atoms with Crippen molar-refractivity contribution in [2.24, 2.45) is 0 Å². The van der Waals surface area contributed by atoms with Gasteiger partial charge in [0.25, 0.3) is 0 Å². The van der Waals surface area contributed by atoms with E-state index in [0.717, 1.165) is 11.3 Å². The van der Waals surface area contributed by atoms with Crippen molar-refractivity contribution in [1.29, 1.82) is 0 Å². The standard InChI is InChI=1S/C20H24N2O4/c1-14(22(2)13-15-5-4-6-17(11-15)24-3)20(23)21-16-7-8-18-19(12-16)26-10-9-25-18/h4-8,11-12,14H,9-10,13H2,1-3H3,(H,21,23)/t14-/m0/s1. The third-order valence-corrected chi connectivity index (χ3v) is 4.42. The van der Waals surface area contributed by atoms with Crippen LogP contribution in [0.1, 0.15) is 12.5 Å². The molecule has 1 N–H and O–H groups in total. The largest absolute Gasteiger partial charge is 0.497 e. The van der Waals surface area contributed by atoms with Crippen molar-refractivity contribution in [2.45, 2.75) is 19.5 Å². The monoisotopic (exact) mass is 356 g/mol. The highest BCUT2D eigenvalue weighted by Crippen LogP contribution is 2.32. The summed E-state index contributed by atoms with van der Waals surface area (Å²) in [5.74, 6) is 2.10. The summed E-state index contributed by atoms with van der Waals surface area (Å²) in [4.78, 5) is 14.6. The summed E-state index contributed by atoms with van der Waals surface area (Å²) in [6.07, 6.45) is 0. The molecule has 26 heavy (non-hydrogen) atoms. The van der Waals surface area contributed by atoms with E-state index in [2.05, 4.69) is 5.32 Å². The molecular formula is C20H24N2O4. The van der Waals surface area contributed by atoms with E-state index < -0.39 is 0 Å². The topological polar surface area (TPSA) is 60.0 Å². The molecule has 1 aliphatic heterocycles. The van der Waals surface area contributed by atoms with E-state index in [4.69, 9.17) is 14.2 Å². The Balaban J connectivity index is 1.61. The van der Waals surface area contributed by atoms with Crippen molar-refractivity contribution < 1.29 is 19.0 Å². The van der Waals surface area contributed by atoms with Crippen LogP contribution in [-0.2, 0) is 11.3 Å². The van der Waals surface area contributed by atoms with Crippen LogP contribution in [0.3, 0.4) is 0 Å². The van der Waals surface area contributed by atoms with Gasteiger partial charge in [-0.15, -0.1) is 0 Å². The molecule has 6 nitrogen and oxygen atoms in total. The molecule has 0 aromatic heterocycles. The molecule has 3 rings (SSSR count). The molecule has 0 spiro atoms. The Hall–Kier alpha value is -2.73. The first-order valence-electron chi connectivity index (χ1n) is 8.60. The zero-order valence-corrected chi connectivity index (χ0v) is 15.3. The number of likely N-dealkylation sites (N-methyl/N-ethyl adjacent to an activating group) is 1. The Morgan fingerprint density at radius 1 is 1.19 bits per heavy atom. The van der Waals surface area contributed by atoms with Gasteiger partial charge < -0.3 is 19.5 Å². The molecule has 0 unspecified atom stereocenters. The summed E-state index contributed by atoms with van der Waals surface area (Å²) in [7, 11) is 3.57. The van der Waals surface area contributed by atoms with Gasteiger partial charge in [0.1, 0.15) is 19.0 Å². The van der Waals surface area contributed by atoms with Crippen LogP contribution in [0.2, 0.25) is 0 Å². The molecule has 0 aliphatic carbocycles. The van der Waals surface area contributed by atoms with Crippen molar-refractivity contribution in [2.75, 3.05) is 32.7 Å². The molecular weight excluding hydrogens is 332 g/mol. The first kappa shape index (κ1) is 18.1. The van der Waals surface area contributed by atoms with Crippen LogP contribution in [0.15, 0.2) is 42.5 Å². The average molecular weight is 356 g/mol. The number of anilines is 1. The highest BCUT2D eigenvalue weighted by molar-refractivity contribution is 5.94. The molecule has 138 valence electrons. The minimum atomic E-state index is -0.297. The van der Waals surface area contributed by atoms with E-state index in [9.17, 15) is 4.79 Å². The molecule has 6 heteroatoms. The number of amides is 1. The van der Waals surface area contributed by atoms with Crippen molar-refractivity contribution in [3.8, 4) is 17.2 Å².